The lowest BCUT2D eigenvalue weighted by atomic mass is 10.1. The minimum absolute atomic E-state index is 0.0476. The summed E-state index contributed by atoms with van der Waals surface area (Å²) in [5.41, 5.74) is -0.499. The highest BCUT2D eigenvalue weighted by atomic mass is 16.4. The number of pyridine rings is 1. The summed E-state index contributed by atoms with van der Waals surface area (Å²) in [4.78, 5) is 37.2. The van der Waals surface area contributed by atoms with Gasteiger partial charge in [-0.2, -0.15) is 0 Å². The number of anilines is 1. The van der Waals surface area contributed by atoms with Crippen LogP contribution < -0.4 is 5.32 Å². The first-order valence-corrected chi connectivity index (χ1v) is 6.55. The third kappa shape index (κ3) is 3.77. The number of aromatic hydroxyl groups is 2. The van der Waals surface area contributed by atoms with Crippen molar-refractivity contribution in [1.82, 2.24) is 4.98 Å². The number of hydrogen-bond donors (Lipinski definition) is 5. The highest BCUT2D eigenvalue weighted by Crippen LogP contribution is 2.28. The maximum Gasteiger partial charge on any atom is 0.354 e. The van der Waals surface area contributed by atoms with E-state index in [-0.39, 0.29) is 22.5 Å². The van der Waals surface area contributed by atoms with Crippen molar-refractivity contribution in [3.8, 4) is 11.5 Å². The molecule has 0 atom stereocenters. The molecular weight excluding hydrogens is 320 g/mol. The zero-order chi connectivity index (χ0) is 17.9. The van der Waals surface area contributed by atoms with Gasteiger partial charge in [-0.3, -0.25) is 9.59 Å². The summed E-state index contributed by atoms with van der Waals surface area (Å²) in [5.74, 6) is -4.27. The Hall–Kier alpha value is -3.62. The number of benzene rings is 1. The van der Waals surface area contributed by atoms with Crippen LogP contribution in [0.15, 0.2) is 30.5 Å². The quantitative estimate of drug-likeness (QED) is 0.509. The van der Waals surface area contributed by atoms with Crippen LogP contribution in [-0.4, -0.2) is 43.3 Å². The lowest BCUT2D eigenvalue weighted by Crippen LogP contribution is -2.13. The van der Waals surface area contributed by atoms with Crippen LogP contribution >= 0.6 is 0 Å². The highest BCUT2D eigenvalue weighted by molar-refractivity contribution is 6.06. The largest absolute Gasteiger partial charge is 0.508 e. The zero-order valence-electron chi connectivity index (χ0n) is 12.1. The number of nitrogens with one attached hydrogen (secondary N) is 1. The van der Waals surface area contributed by atoms with Crippen molar-refractivity contribution in [2.75, 3.05) is 5.32 Å². The van der Waals surface area contributed by atoms with Crippen LogP contribution in [0.4, 0.5) is 5.69 Å². The van der Waals surface area contributed by atoms with Gasteiger partial charge in [-0.25, -0.2) is 9.78 Å². The first-order valence-electron chi connectivity index (χ1n) is 6.55. The van der Waals surface area contributed by atoms with E-state index < -0.39 is 35.8 Å². The number of carboxylic acids is 2. The van der Waals surface area contributed by atoms with Gasteiger partial charge in [-0.05, 0) is 24.3 Å². The molecule has 1 aromatic carbocycles. The fourth-order valence-electron chi connectivity index (χ4n) is 1.93. The van der Waals surface area contributed by atoms with Crippen molar-refractivity contribution >= 4 is 23.5 Å². The van der Waals surface area contributed by atoms with Crippen LogP contribution in [0.2, 0.25) is 0 Å². The van der Waals surface area contributed by atoms with Crippen LogP contribution in [0.25, 0.3) is 0 Å². The Kier molecular flexibility index (Phi) is 4.64. The summed E-state index contributed by atoms with van der Waals surface area (Å²) in [6.07, 6.45) is 0.667. The molecule has 124 valence electrons. The van der Waals surface area contributed by atoms with Crippen LogP contribution in [0, 0.1) is 0 Å². The number of hydrogen-bond acceptors (Lipinski definition) is 6. The molecule has 9 nitrogen and oxygen atoms in total. The molecule has 1 amide bonds. The minimum atomic E-state index is -1.27. The molecule has 0 saturated heterocycles. The van der Waals surface area contributed by atoms with Gasteiger partial charge in [0.2, 0.25) is 0 Å². The predicted molar refractivity (Wildman–Crippen MR) is 80.3 cm³/mol. The van der Waals surface area contributed by atoms with Crippen molar-refractivity contribution in [2.45, 2.75) is 6.42 Å². The zero-order valence-corrected chi connectivity index (χ0v) is 12.1. The van der Waals surface area contributed by atoms with Gasteiger partial charge >= 0.3 is 11.9 Å². The highest BCUT2D eigenvalue weighted by Gasteiger charge is 2.17. The second kappa shape index (κ2) is 6.65. The minimum Gasteiger partial charge on any atom is -0.508 e. The molecule has 24 heavy (non-hydrogen) atoms. The molecule has 0 fully saturated rings. The van der Waals surface area contributed by atoms with E-state index in [1.807, 2.05) is 0 Å². The average Bonchev–Trinajstić information content (AvgIpc) is 2.50. The SMILES string of the molecule is O=C(O)Cc1cc(O)c(C(=O)Nc2ccnc(C(=O)O)c2)cc1O. The van der Waals surface area contributed by atoms with Crippen molar-refractivity contribution in [3.05, 3.63) is 47.3 Å². The number of rotatable bonds is 5. The maximum atomic E-state index is 12.1. The van der Waals surface area contributed by atoms with Gasteiger partial charge in [-0.1, -0.05) is 0 Å². The van der Waals surface area contributed by atoms with Gasteiger partial charge < -0.3 is 25.7 Å². The van der Waals surface area contributed by atoms with Gasteiger partial charge in [0.1, 0.15) is 17.2 Å². The lowest BCUT2D eigenvalue weighted by molar-refractivity contribution is -0.136. The van der Waals surface area contributed by atoms with Crippen LogP contribution in [0.5, 0.6) is 11.5 Å². The standard InChI is InChI=1S/C15H12N2O7/c18-11-6-9(12(19)3-7(11)4-13(20)21)14(22)17-8-1-2-16-10(5-8)15(23)24/h1-3,5-6,18-19H,4H2,(H,20,21)(H,23,24)(H,16,17,22). The second-order valence-corrected chi connectivity index (χ2v) is 4.76. The lowest BCUT2D eigenvalue weighted by Gasteiger charge is -2.10. The number of carboxylic acid groups (broad SMARTS) is 2. The number of aromatic carboxylic acids is 1. The molecule has 9 heteroatoms. The number of phenols is 2. The van der Waals surface area contributed by atoms with Gasteiger partial charge in [0.05, 0.1) is 12.0 Å². The Morgan fingerprint density at radius 3 is 2.38 bits per heavy atom. The van der Waals surface area contributed by atoms with E-state index in [0.29, 0.717) is 0 Å². The summed E-state index contributed by atoms with van der Waals surface area (Å²) >= 11 is 0. The molecule has 1 aromatic heterocycles. The fraction of sp³-hybridized carbons (Fsp3) is 0.0667. The number of nitrogens with zero attached hydrogens (tertiary/aromatic N) is 1. The fourth-order valence-corrected chi connectivity index (χ4v) is 1.93. The molecule has 0 aliphatic carbocycles. The van der Waals surface area contributed by atoms with Gasteiger partial charge in [0.25, 0.3) is 5.91 Å². The summed E-state index contributed by atoms with van der Waals surface area (Å²) in [7, 11) is 0. The van der Waals surface area contributed by atoms with Crippen molar-refractivity contribution in [1.29, 1.82) is 0 Å². The summed E-state index contributed by atoms with van der Waals surface area (Å²) in [5, 5.41) is 39.5. The topological polar surface area (TPSA) is 157 Å². The molecule has 2 aromatic rings. The predicted octanol–water partition coefficient (Wildman–Crippen LogP) is 1.07. The summed E-state index contributed by atoms with van der Waals surface area (Å²) in [6.45, 7) is 0. The second-order valence-electron chi connectivity index (χ2n) is 4.76. The molecule has 5 N–H and O–H groups in total. The Morgan fingerprint density at radius 1 is 1.04 bits per heavy atom. The summed E-state index contributed by atoms with van der Waals surface area (Å²) in [6, 6.07) is 4.38. The van der Waals surface area contributed by atoms with E-state index in [2.05, 4.69) is 10.3 Å². The number of aliphatic carboxylic acids is 1. The van der Waals surface area contributed by atoms with Crippen LogP contribution in [0.1, 0.15) is 26.4 Å². The number of carbonyl (C=O) groups is 3. The number of carbonyl (C=O) groups excluding carboxylic acids is 1. The molecule has 0 bridgehead atoms. The number of amides is 1. The third-order valence-electron chi connectivity index (χ3n) is 3.02. The normalized spacial score (nSPS) is 10.2. The molecule has 2 rings (SSSR count). The molecule has 0 radical (unpaired) electrons. The van der Waals surface area contributed by atoms with Crippen molar-refractivity contribution in [3.63, 3.8) is 0 Å². The molecule has 0 saturated carbocycles. The third-order valence-corrected chi connectivity index (χ3v) is 3.02. The Balaban J connectivity index is 2.27. The van der Waals surface area contributed by atoms with Crippen LogP contribution in [0.3, 0.4) is 0 Å². The molecule has 1 heterocycles. The number of aromatic nitrogens is 1. The van der Waals surface area contributed by atoms with E-state index in [4.69, 9.17) is 10.2 Å². The Labute approximate surface area is 134 Å². The van der Waals surface area contributed by atoms with Gasteiger partial charge in [0.15, 0.2) is 0 Å². The monoisotopic (exact) mass is 332 g/mol. The van der Waals surface area contributed by atoms with E-state index in [9.17, 15) is 24.6 Å². The molecule has 0 spiro atoms. The van der Waals surface area contributed by atoms with E-state index in [0.717, 1.165) is 18.2 Å². The first-order chi connectivity index (χ1) is 11.3. The maximum absolute atomic E-state index is 12.1. The van der Waals surface area contributed by atoms with E-state index in [1.54, 1.807) is 0 Å². The van der Waals surface area contributed by atoms with E-state index in [1.165, 1.54) is 12.3 Å². The summed E-state index contributed by atoms with van der Waals surface area (Å²) < 4.78 is 0. The first kappa shape index (κ1) is 16.7. The Morgan fingerprint density at radius 2 is 1.75 bits per heavy atom. The molecular formula is C15H12N2O7. The van der Waals surface area contributed by atoms with Crippen molar-refractivity contribution < 1.29 is 34.8 Å². The number of phenolic OH excluding ortho intramolecular Hbond substituents is 2. The average molecular weight is 332 g/mol. The van der Waals surface area contributed by atoms with Gasteiger partial charge in [-0.15, -0.1) is 0 Å². The van der Waals surface area contributed by atoms with E-state index >= 15 is 0 Å². The Bertz CT molecular complexity index is 833. The van der Waals surface area contributed by atoms with Crippen LogP contribution in [-0.2, 0) is 11.2 Å². The molecule has 0 aliphatic heterocycles. The molecule has 0 aliphatic rings. The molecule has 0 unspecified atom stereocenters. The van der Waals surface area contributed by atoms with Gasteiger partial charge in [0, 0.05) is 17.4 Å². The smallest absolute Gasteiger partial charge is 0.354 e. The van der Waals surface area contributed by atoms with Crippen molar-refractivity contribution in [2.24, 2.45) is 0 Å².